The average Bonchev–Trinajstić information content (AvgIpc) is 2.21. The van der Waals surface area contributed by atoms with Crippen LogP contribution in [-0.2, 0) is 0 Å². The van der Waals surface area contributed by atoms with Gasteiger partial charge in [0, 0.05) is 13.0 Å². The third kappa shape index (κ3) is 2.30. The zero-order chi connectivity index (χ0) is 11.6. The van der Waals surface area contributed by atoms with Gasteiger partial charge >= 0.3 is 0 Å². The highest BCUT2D eigenvalue weighted by Crippen LogP contribution is 2.33. The third-order valence-electron chi connectivity index (χ3n) is 3.01. The molecule has 5 atom stereocenters. The molecular formula is C9H18O6. The van der Waals surface area contributed by atoms with Gasteiger partial charge in [-0.2, -0.15) is 0 Å². The third-order valence-corrected chi connectivity index (χ3v) is 3.01. The Kier molecular flexibility index (Phi) is 4.05. The molecule has 90 valence electrons. The van der Waals surface area contributed by atoms with E-state index in [2.05, 4.69) is 0 Å². The Morgan fingerprint density at radius 3 is 2.27 bits per heavy atom. The monoisotopic (exact) mass is 222 g/mol. The zero-order valence-electron chi connectivity index (χ0n) is 8.32. The first-order valence-electron chi connectivity index (χ1n) is 4.99. The second-order valence-corrected chi connectivity index (χ2v) is 4.07. The highest BCUT2D eigenvalue weighted by Gasteiger charge is 2.52. The predicted octanol–water partition coefficient (Wildman–Crippen LogP) is -2.66. The van der Waals surface area contributed by atoms with Gasteiger partial charge in [0.1, 0.15) is 17.8 Å². The first kappa shape index (κ1) is 12.8. The van der Waals surface area contributed by atoms with Crippen molar-refractivity contribution in [3.63, 3.8) is 0 Å². The van der Waals surface area contributed by atoms with Crippen molar-refractivity contribution in [2.45, 2.75) is 49.3 Å². The predicted molar refractivity (Wildman–Crippen MR) is 49.9 cm³/mol. The molecule has 0 heterocycles. The standard InChI is InChI=1S/C9H18O6/c10-3-1-2-9(15)6(12)4-5(11)7(13)8(9)14/h5-8,10-15H,1-4H2. The molecule has 0 aromatic heterocycles. The largest absolute Gasteiger partial charge is 0.396 e. The van der Waals surface area contributed by atoms with Crippen molar-refractivity contribution in [3.8, 4) is 0 Å². The maximum Gasteiger partial charge on any atom is 0.119 e. The number of hydrogen-bond acceptors (Lipinski definition) is 6. The molecule has 0 amide bonds. The molecule has 0 radical (unpaired) electrons. The van der Waals surface area contributed by atoms with Gasteiger partial charge in [-0.1, -0.05) is 0 Å². The fourth-order valence-corrected chi connectivity index (χ4v) is 1.95. The molecular weight excluding hydrogens is 204 g/mol. The van der Waals surface area contributed by atoms with Gasteiger partial charge in [0.15, 0.2) is 0 Å². The Labute approximate surface area is 87.4 Å². The maximum absolute atomic E-state index is 9.95. The summed E-state index contributed by atoms with van der Waals surface area (Å²) in [4.78, 5) is 0. The molecule has 1 rings (SSSR count). The van der Waals surface area contributed by atoms with E-state index in [4.69, 9.17) is 5.11 Å². The summed E-state index contributed by atoms with van der Waals surface area (Å²) < 4.78 is 0. The summed E-state index contributed by atoms with van der Waals surface area (Å²) in [6.45, 7) is -0.180. The van der Waals surface area contributed by atoms with E-state index in [1.807, 2.05) is 0 Å². The molecule has 6 heteroatoms. The molecule has 0 bridgehead atoms. The van der Waals surface area contributed by atoms with Crippen molar-refractivity contribution in [1.29, 1.82) is 0 Å². The first-order valence-corrected chi connectivity index (χ1v) is 4.99. The molecule has 5 unspecified atom stereocenters. The fraction of sp³-hybridized carbons (Fsp3) is 1.00. The molecule has 1 aliphatic rings. The van der Waals surface area contributed by atoms with Crippen LogP contribution in [0.2, 0.25) is 0 Å². The van der Waals surface area contributed by atoms with Crippen LogP contribution in [0.15, 0.2) is 0 Å². The molecule has 0 spiro atoms. The first-order chi connectivity index (χ1) is 6.93. The van der Waals surface area contributed by atoms with Crippen LogP contribution in [0.4, 0.5) is 0 Å². The van der Waals surface area contributed by atoms with Gasteiger partial charge < -0.3 is 30.6 Å². The van der Waals surface area contributed by atoms with E-state index in [9.17, 15) is 25.5 Å². The van der Waals surface area contributed by atoms with Gasteiger partial charge in [0.2, 0.25) is 0 Å². The summed E-state index contributed by atoms with van der Waals surface area (Å²) in [5.41, 5.74) is -1.86. The molecule has 0 aromatic rings. The zero-order valence-corrected chi connectivity index (χ0v) is 8.32. The quantitative estimate of drug-likeness (QED) is 0.310. The molecule has 6 nitrogen and oxygen atoms in total. The van der Waals surface area contributed by atoms with E-state index in [1.165, 1.54) is 0 Å². The summed E-state index contributed by atoms with van der Waals surface area (Å²) >= 11 is 0. The minimum atomic E-state index is -1.86. The normalized spacial score (nSPS) is 46.8. The Morgan fingerprint density at radius 1 is 1.13 bits per heavy atom. The minimum Gasteiger partial charge on any atom is -0.396 e. The van der Waals surface area contributed by atoms with E-state index < -0.39 is 30.0 Å². The summed E-state index contributed by atoms with van der Waals surface area (Å²) in [6, 6.07) is 0. The molecule has 0 saturated heterocycles. The number of aliphatic hydroxyl groups excluding tert-OH is 5. The Morgan fingerprint density at radius 2 is 1.73 bits per heavy atom. The van der Waals surface area contributed by atoms with Gasteiger partial charge in [-0.3, -0.25) is 0 Å². The summed E-state index contributed by atoms with van der Waals surface area (Å²) in [6.07, 6.45) is -5.66. The molecule has 0 aliphatic heterocycles. The smallest absolute Gasteiger partial charge is 0.119 e. The lowest BCUT2D eigenvalue weighted by molar-refractivity contribution is -0.233. The van der Waals surface area contributed by atoms with E-state index >= 15 is 0 Å². The highest BCUT2D eigenvalue weighted by atomic mass is 16.4. The Balaban J connectivity index is 2.76. The molecule has 1 aliphatic carbocycles. The molecule has 15 heavy (non-hydrogen) atoms. The van der Waals surface area contributed by atoms with Gasteiger partial charge in [-0.05, 0) is 12.8 Å². The highest BCUT2D eigenvalue weighted by molar-refractivity contribution is 5.03. The summed E-state index contributed by atoms with van der Waals surface area (Å²) in [7, 11) is 0. The lowest BCUT2D eigenvalue weighted by Crippen LogP contribution is -2.64. The fourth-order valence-electron chi connectivity index (χ4n) is 1.95. The second-order valence-electron chi connectivity index (χ2n) is 4.07. The van der Waals surface area contributed by atoms with Crippen LogP contribution in [0.3, 0.4) is 0 Å². The second kappa shape index (κ2) is 4.73. The van der Waals surface area contributed by atoms with Gasteiger partial charge in [-0.15, -0.1) is 0 Å². The van der Waals surface area contributed by atoms with E-state index in [0.717, 1.165) is 0 Å². The van der Waals surface area contributed by atoms with E-state index in [-0.39, 0.29) is 25.9 Å². The van der Waals surface area contributed by atoms with Crippen LogP contribution in [-0.4, -0.2) is 67.3 Å². The number of aliphatic hydroxyl groups is 6. The SMILES string of the molecule is OCCCC1(O)C(O)CC(O)C(O)C1O. The van der Waals surface area contributed by atoms with Crippen LogP contribution in [0.1, 0.15) is 19.3 Å². The topological polar surface area (TPSA) is 121 Å². The van der Waals surface area contributed by atoms with Crippen LogP contribution in [0.5, 0.6) is 0 Å². The van der Waals surface area contributed by atoms with Crippen LogP contribution < -0.4 is 0 Å². The van der Waals surface area contributed by atoms with E-state index in [0.29, 0.717) is 0 Å². The maximum atomic E-state index is 9.95. The van der Waals surface area contributed by atoms with Crippen LogP contribution in [0, 0.1) is 0 Å². The van der Waals surface area contributed by atoms with Gasteiger partial charge in [0.25, 0.3) is 0 Å². The van der Waals surface area contributed by atoms with Gasteiger partial charge in [-0.25, -0.2) is 0 Å². The molecule has 1 fully saturated rings. The minimum absolute atomic E-state index is 0.0321. The number of rotatable bonds is 3. The Bertz CT molecular complexity index is 211. The van der Waals surface area contributed by atoms with E-state index in [1.54, 1.807) is 0 Å². The van der Waals surface area contributed by atoms with Crippen molar-refractivity contribution in [1.82, 2.24) is 0 Å². The summed E-state index contributed by atoms with van der Waals surface area (Å²) in [5.74, 6) is 0. The Hall–Kier alpha value is -0.240. The average molecular weight is 222 g/mol. The van der Waals surface area contributed by atoms with Crippen molar-refractivity contribution < 1.29 is 30.6 Å². The van der Waals surface area contributed by atoms with Crippen molar-refractivity contribution in [2.75, 3.05) is 6.61 Å². The van der Waals surface area contributed by atoms with Crippen molar-refractivity contribution in [2.24, 2.45) is 0 Å². The van der Waals surface area contributed by atoms with Crippen molar-refractivity contribution >= 4 is 0 Å². The lowest BCUT2D eigenvalue weighted by atomic mass is 9.74. The molecule has 0 aromatic carbocycles. The molecule has 6 N–H and O–H groups in total. The van der Waals surface area contributed by atoms with Crippen LogP contribution in [0.25, 0.3) is 0 Å². The summed E-state index contributed by atoms with van der Waals surface area (Å²) in [5, 5.41) is 56.3. The van der Waals surface area contributed by atoms with Crippen molar-refractivity contribution in [3.05, 3.63) is 0 Å². The lowest BCUT2D eigenvalue weighted by Gasteiger charge is -2.45. The van der Waals surface area contributed by atoms with Gasteiger partial charge in [0.05, 0.1) is 12.2 Å². The number of hydrogen-bond donors (Lipinski definition) is 6. The van der Waals surface area contributed by atoms with Crippen LogP contribution >= 0.6 is 0 Å². The molecule has 1 saturated carbocycles.